The maximum absolute atomic E-state index is 12.9. The number of amides is 1. The van der Waals surface area contributed by atoms with E-state index in [2.05, 4.69) is 15.4 Å². The Bertz CT molecular complexity index is 1170. The van der Waals surface area contributed by atoms with E-state index < -0.39 is 4.92 Å². The Kier molecular flexibility index (Phi) is 5.29. The molecule has 0 fully saturated rings. The van der Waals surface area contributed by atoms with Crippen molar-refractivity contribution in [2.24, 2.45) is 0 Å². The molecule has 148 valence electrons. The predicted octanol–water partition coefficient (Wildman–Crippen LogP) is 3.77. The van der Waals surface area contributed by atoms with Crippen molar-refractivity contribution in [3.8, 4) is 16.9 Å². The molecule has 0 aliphatic rings. The monoisotopic (exact) mass is 399 g/mol. The molecule has 2 aromatic heterocycles. The second-order valence-electron chi connectivity index (χ2n) is 6.47. The fourth-order valence-electron chi connectivity index (χ4n) is 2.97. The highest BCUT2D eigenvalue weighted by Crippen LogP contribution is 2.23. The SMILES string of the molecule is O=C(NCc1ccccn1)c1cc(-c2ccccc2)nn1-c1ccc([N+](=O)[O-])cc1. The number of nitrogens with one attached hydrogen (secondary N) is 1. The summed E-state index contributed by atoms with van der Waals surface area (Å²) >= 11 is 0. The van der Waals surface area contributed by atoms with Crippen LogP contribution in [0.4, 0.5) is 5.69 Å². The molecular formula is C22H17N5O3. The van der Waals surface area contributed by atoms with Crippen LogP contribution in [0.1, 0.15) is 16.2 Å². The second kappa shape index (κ2) is 8.36. The Balaban J connectivity index is 1.69. The van der Waals surface area contributed by atoms with E-state index in [1.807, 2.05) is 42.5 Å². The quantitative estimate of drug-likeness (QED) is 0.393. The van der Waals surface area contributed by atoms with Gasteiger partial charge in [-0.3, -0.25) is 19.9 Å². The lowest BCUT2D eigenvalue weighted by atomic mass is 10.1. The Labute approximate surface area is 172 Å². The summed E-state index contributed by atoms with van der Waals surface area (Å²) in [6.45, 7) is 0.270. The van der Waals surface area contributed by atoms with E-state index in [4.69, 9.17) is 0 Å². The first-order chi connectivity index (χ1) is 14.6. The van der Waals surface area contributed by atoms with Gasteiger partial charge in [0.2, 0.25) is 0 Å². The summed E-state index contributed by atoms with van der Waals surface area (Å²) in [6.07, 6.45) is 1.66. The van der Waals surface area contributed by atoms with Crippen LogP contribution in [-0.4, -0.2) is 25.6 Å². The molecule has 8 heteroatoms. The van der Waals surface area contributed by atoms with E-state index >= 15 is 0 Å². The van der Waals surface area contributed by atoms with Crippen LogP contribution in [0.15, 0.2) is 85.1 Å². The van der Waals surface area contributed by atoms with Crippen molar-refractivity contribution >= 4 is 11.6 Å². The van der Waals surface area contributed by atoms with Gasteiger partial charge < -0.3 is 5.32 Å². The maximum Gasteiger partial charge on any atom is 0.270 e. The molecule has 0 radical (unpaired) electrons. The lowest BCUT2D eigenvalue weighted by Gasteiger charge is -2.08. The van der Waals surface area contributed by atoms with Crippen molar-refractivity contribution in [2.75, 3.05) is 0 Å². The van der Waals surface area contributed by atoms with E-state index in [-0.39, 0.29) is 18.1 Å². The molecule has 1 amide bonds. The van der Waals surface area contributed by atoms with Gasteiger partial charge >= 0.3 is 0 Å². The molecule has 0 bridgehead atoms. The van der Waals surface area contributed by atoms with Gasteiger partial charge in [0.05, 0.1) is 28.5 Å². The molecule has 8 nitrogen and oxygen atoms in total. The number of nitro benzene ring substituents is 1. The number of hydrogen-bond donors (Lipinski definition) is 1. The van der Waals surface area contributed by atoms with Crippen LogP contribution in [0.2, 0.25) is 0 Å². The average molecular weight is 399 g/mol. The normalized spacial score (nSPS) is 10.5. The van der Waals surface area contributed by atoms with E-state index in [0.29, 0.717) is 17.1 Å². The van der Waals surface area contributed by atoms with Gasteiger partial charge in [-0.15, -0.1) is 0 Å². The summed E-state index contributed by atoms with van der Waals surface area (Å²) in [5.74, 6) is -0.325. The van der Waals surface area contributed by atoms with Gasteiger partial charge in [-0.2, -0.15) is 5.10 Å². The van der Waals surface area contributed by atoms with E-state index in [9.17, 15) is 14.9 Å². The van der Waals surface area contributed by atoms with Crippen molar-refractivity contribution in [1.82, 2.24) is 20.1 Å². The van der Waals surface area contributed by atoms with E-state index in [0.717, 1.165) is 11.3 Å². The smallest absolute Gasteiger partial charge is 0.270 e. The number of hydrogen-bond acceptors (Lipinski definition) is 5. The summed E-state index contributed by atoms with van der Waals surface area (Å²) in [5, 5.41) is 18.4. The summed E-state index contributed by atoms with van der Waals surface area (Å²) in [6, 6.07) is 22.6. The highest BCUT2D eigenvalue weighted by atomic mass is 16.6. The van der Waals surface area contributed by atoms with Crippen molar-refractivity contribution in [1.29, 1.82) is 0 Å². The first-order valence-electron chi connectivity index (χ1n) is 9.20. The van der Waals surface area contributed by atoms with Crippen molar-refractivity contribution in [3.63, 3.8) is 0 Å². The molecule has 0 saturated carbocycles. The van der Waals surface area contributed by atoms with Gasteiger partial charge in [-0.1, -0.05) is 36.4 Å². The van der Waals surface area contributed by atoms with Crippen LogP contribution in [0.3, 0.4) is 0 Å². The number of benzene rings is 2. The number of non-ortho nitro benzene ring substituents is 1. The third-order valence-corrected chi connectivity index (χ3v) is 4.47. The maximum atomic E-state index is 12.9. The van der Waals surface area contributed by atoms with Gasteiger partial charge in [-0.05, 0) is 30.3 Å². The number of rotatable bonds is 6. The van der Waals surface area contributed by atoms with Gasteiger partial charge in [0.15, 0.2) is 0 Å². The Hall–Kier alpha value is -4.33. The first kappa shape index (κ1) is 19.0. The molecule has 4 rings (SSSR count). The number of aromatic nitrogens is 3. The van der Waals surface area contributed by atoms with E-state index in [1.165, 1.54) is 16.8 Å². The molecule has 4 aromatic rings. The molecule has 0 unspecified atom stereocenters. The fraction of sp³-hybridized carbons (Fsp3) is 0.0455. The van der Waals surface area contributed by atoms with Gasteiger partial charge in [0.25, 0.3) is 11.6 Å². The second-order valence-corrected chi connectivity index (χ2v) is 6.47. The standard InChI is InChI=1S/C22H17N5O3/c28-22(24-15-17-8-4-5-13-23-17)21-14-20(16-6-2-1-3-7-16)25-26(21)18-9-11-19(12-10-18)27(29)30/h1-14H,15H2,(H,24,28). The highest BCUT2D eigenvalue weighted by molar-refractivity contribution is 5.94. The van der Waals surface area contributed by atoms with Crippen LogP contribution in [0, 0.1) is 10.1 Å². The lowest BCUT2D eigenvalue weighted by molar-refractivity contribution is -0.384. The van der Waals surface area contributed by atoms with Crippen molar-refractivity contribution < 1.29 is 9.72 Å². The third kappa shape index (κ3) is 4.07. The number of carbonyl (C=O) groups is 1. The minimum Gasteiger partial charge on any atom is -0.345 e. The van der Waals surface area contributed by atoms with E-state index in [1.54, 1.807) is 30.5 Å². The average Bonchev–Trinajstić information content (AvgIpc) is 3.24. The molecule has 0 aliphatic heterocycles. The molecule has 2 aromatic carbocycles. The molecule has 0 spiro atoms. The zero-order valence-electron chi connectivity index (χ0n) is 15.8. The van der Waals surface area contributed by atoms with Crippen molar-refractivity contribution in [3.05, 3.63) is 107 Å². The number of pyridine rings is 1. The lowest BCUT2D eigenvalue weighted by Crippen LogP contribution is -2.25. The zero-order chi connectivity index (χ0) is 20.9. The topological polar surface area (TPSA) is 103 Å². The predicted molar refractivity (Wildman–Crippen MR) is 111 cm³/mol. The van der Waals surface area contributed by atoms with Crippen LogP contribution in [0.25, 0.3) is 16.9 Å². The summed E-state index contributed by atoms with van der Waals surface area (Å²) in [5.41, 5.74) is 3.05. The summed E-state index contributed by atoms with van der Waals surface area (Å²) in [7, 11) is 0. The molecule has 2 heterocycles. The number of nitrogens with zero attached hydrogens (tertiary/aromatic N) is 4. The minimum absolute atomic E-state index is 0.0321. The number of carbonyl (C=O) groups excluding carboxylic acids is 1. The zero-order valence-corrected chi connectivity index (χ0v) is 15.8. The Morgan fingerprint density at radius 2 is 1.73 bits per heavy atom. The van der Waals surface area contributed by atoms with Gasteiger partial charge in [-0.25, -0.2) is 4.68 Å². The van der Waals surface area contributed by atoms with Gasteiger partial charge in [0.1, 0.15) is 5.69 Å². The largest absolute Gasteiger partial charge is 0.345 e. The summed E-state index contributed by atoms with van der Waals surface area (Å²) in [4.78, 5) is 27.6. The molecule has 1 N–H and O–H groups in total. The molecule has 0 aliphatic carbocycles. The third-order valence-electron chi connectivity index (χ3n) is 4.47. The Morgan fingerprint density at radius 3 is 2.40 bits per heavy atom. The van der Waals surface area contributed by atoms with Crippen LogP contribution < -0.4 is 5.32 Å². The first-order valence-corrected chi connectivity index (χ1v) is 9.20. The molecule has 30 heavy (non-hydrogen) atoms. The van der Waals surface area contributed by atoms with Crippen molar-refractivity contribution in [2.45, 2.75) is 6.54 Å². The minimum atomic E-state index is -0.469. The molecular weight excluding hydrogens is 382 g/mol. The Morgan fingerprint density at radius 1 is 1.00 bits per heavy atom. The van der Waals surface area contributed by atoms with Gasteiger partial charge in [0, 0.05) is 23.9 Å². The molecule has 0 saturated heterocycles. The number of nitro groups is 1. The molecule has 0 atom stereocenters. The fourth-order valence-corrected chi connectivity index (χ4v) is 2.97. The van der Waals surface area contributed by atoms with Crippen LogP contribution in [0.5, 0.6) is 0 Å². The highest BCUT2D eigenvalue weighted by Gasteiger charge is 2.18. The summed E-state index contributed by atoms with van der Waals surface area (Å²) < 4.78 is 1.49. The van der Waals surface area contributed by atoms with Crippen LogP contribution >= 0.6 is 0 Å². The van der Waals surface area contributed by atoms with Crippen LogP contribution in [-0.2, 0) is 6.54 Å².